The smallest absolute Gasteiger partial charge is 0.344 e. The van der Waals surface area contributed by atoms with Crippen molar-refractivity contribution in [2.75, 3.05) is 19.6 Å². The highest BCUT2D eigenvalue weighted by Crippen LogP contribution is 2.30. The van der Waals surface area contributed by atoms with Crippen molar-refractivity contribution in [1.82, 2.24) is 19.6 Å². The summed E-state index contributed by atoms with van der Waals surface area (Å²) < 4.78 is 21.2. The van der Waals surface area contributed by atoms with E-state index in [1.54, 1.807) is 35.2 Å². The lowest BCUT2D eigenvalue weighted by Crippen LogP contribution is -2.54. The number of aromatic nitrogens is 2. The Kier molecular flexibility index (Phi) is 6.76. The molecule has 1 amide bonds. The highest BCUT2D eigenvalue weighted by Gasteiger charge is 2.29. The maximum absolute atomic E-state index is 14.3. The third-order valence-electron chi connectivity index (χ3n) is 5.50. The third kappa shape index (κ3) is 5.40. The molecule has 0 N–H and O–H groups in total. The molecule has 33 heavy (non-hydrogen) atoms. The molecule has 0 bridgehead atoms. The summed E-state index contributed by atoms with van der Waals surface area (Å²) in [5.41, 5.74) is 1.03. The van der Waals surface area contributed by atoms with E-state index in [9.17, 15) is 14.0 Å². The Labute approximate surface area is 196 Å². The Balaban J connectivity index is 1.40. The summed E-state index contributed by atoms with van der Waals surface area (Å²) in [5, 5.41) is 4.51. The number of nitrogens with zero attached hydrogens (tertiary/aromatic N) is 4. The van der Waals surface area contributed by atoms with Gasteiger partial charge in [0.15, 0.2) is 5.78 Å². The number of piperazine rings is 1. The molecular weight excluding hydrogens is 447 g/mol. The number of ketones is 1. The van der Waals surface area contributed by atoms with Crippen molar-refractivity contribution in [3.8, 4) is 11.5 Å². The van der Waals surface area contributed by atoms with Gasteiger partial charge in [-0.1, -0.05) is 23.7 Å². The van der Waals surface area contributed by atoms with Crippen molar-refractivity contribution in [1.29, 1.82) is 0 Å². The topological polar surface area (TPSA) is 67.7 Å². The molecule has 1 aliphatic rings. The summed E-state index contributed by atoms with van der Waals surface area (Å²) in [5.74, 6) is 0.256. The van der Waals surface area contributed by atoms with Crippen molar-refractivity contribution in [2.45, 2.75) is 26.4 Å². The maximum atomic E-state index is 14.3. The highest BCUT2D eigenvalue weighted by molar-refractivity contribution is 6.32. The van der Waals surface area contributed by atoms with Gasteiger partial charge in [0.1, 0.15) is 23.0 Å². The lowest BCUT2D eigenvalue weighted by atomic mass is 10.1. The van der Waals surface area contributed by atoms with Crippen LogP contribution in [-0.2, 0) is 6.54 Å². The first-order valence-electron chi connectivity index (χ1n) is 10.6. The molecule has 0 radical (unpaired) electrons. The lowest BCUT2D eigenvalue weighted by molar-refractivity contribution is 0.0964. The average Bonchev–Trinajstić information content (AvgIpc) is 3.25. The summed E-state index contributed by atoms with van der Waals surface area (Å²) in [6.45, 7) is 5.61. The number of Topliss-reactive ketones (excluding diaryl/α,β-unsaturated/α-hetero) is 1. The minimum atomic E-state index is -0.392. The van der Waals surface area contributed by atoms with Crippen LogP contribution in [-0.4, -0.2) is 57.1 Å². The molecule has 0 unspecified atom stereocenters. The minimum absolute atomic E-state index is 0.0800. The van der Waals surface area contributed by atoms with Gasteiger partial charge in [0.25, 0.3) is 0 Å². The summed E-state index contributed by atoms with van der Waals surface area (Å²) >= 11 is 6.14. The normalized spacial score (nSPS) is 16.6. The molecule has 0 aliphatic carbocycles. The van der Waals surface area contributed by atoms with Crippen LogP contribution >= 0.6 is 11.6 Å². The maximum Gasteiger partial charge on any atom is 0.344 e. The molecule has 4 rings (SSSR count). The van der Waals surface area contributed by atoms with Crippen LogP contribution in [0.5, 0.6) is 11.5 Å². The molecule has 2 aromatic carbocycles. The number of carbonyl (C=O) groups is 2. The van der Waals surface area contributed by atoms with Crippen LogP contribution in [0.4, 0.5) is 9.18 Å². The first-order valence-corrected chi connectivity index (χ1v) is 11.0. The average molecular weight is 471 g/mol. The van der Waals surface area contributed by atoms with Gasteiger partial charge in [-0.2, -0.15) is 9.78 Å². The van der Waals surface area contributed by atoms with E-state index in [4.69, 9.17) is 16.3 Å². The molecule has 1 aliphatic heterocycles. The largest absolute Gasteiger partial charge is 0.456 e. The SMILES string of the molecule is CC(=O)c1ccn(C(=O)N2CCN(Cc3cc(F)cc(Oc4ccccc4Cl)c3)C[C@H]2C)n1. The number of para-hydroxylation sites is 1. The molecule has 172 valence electrons. The minimum Gasteiger partial charge on any atom is -0.456 e. The second-order valence-corrected chi connectivity index (χ2v) is 8.50. The van der Waals surface area contributed by atoms with Crippen LogP contribution in [0.3, 0.4) is 0 Å². The Morgan fingerprint density at radius 1 is 1.18 bits per heavy atom. The standard InChI is InChI=1S/C24H24ClFN4O3/c1-16-14-28(9-10-29(16)24(32)30-8-7-22(27-30)17(2)31)15-18-11-19(26)13-20(12-18)33-23-6-4-3-5-21(23)25/h3-8,11-13,16H,9-10,14-15H2,1-2H3/t16-/m1/s1. The molecule has 9 heteroatoms. The van der Waals surface area contributed by atoms with Crippen molar-refractivity contribution >= 4 is 23.4 Å². The van der Waals surface area contributed by atoms with Gasteiger partial charge in [-0.15, -0.1) is 0 Å². The summed E-state index contributed by atoms with van der Waals surface area (Å²) in [6, 6.07) is 12.8. The zero-order chi connectivity index (χ0) is 23.5. The van der Waals surface area contributed by atoms with Gasteiger partial charge in [0.05, 0.1) is 5.02 Å². The van der Waals surface area contributed by atoms with E-state index in [-0.39, 0.29) is 23.6 Å². The fourth-order valence-corrected chi connectivity index (χ4v) is 4.07. The second-order valence-electron chi connectivity index (χ2n) is 8.09. The number of rotatable bonds is 5. The molecule has 1 atom stereocenters. The van der Waals surface area contributed by atoms with Crippen molar-refractivity contribution < 1.29 is 18.7 Å². The third-order valence-corrected chi connectivity index (χ3v) is 5.82. The van der Waals surface area contributed by atoms with Gasteiger partial charge in [0, 0.05) is 51.4 Å². The van der Waals surface area contributed by atoms with Crippen LogP contribution < -0.4 is 4.74 Å². The Morgan fingerprint density at radius 3 is 2.67 bits per heavy atom. The zero-order valence-electron chi connectivity index (χ0n) is 18.4. The van der Waals surface area contributed by atoms with Gasteiger partial charge in [-0.25, -0.2) is 9.18 Å². The van der Waals surface area contributed by atoms with Gasteiger partial charge in [0.2, 0.25) is 0 Å². The number of amides is 1. The van der Waals surface area contributed by atoms with Crippen LogP contribution in [0, 0.1) is 5.82 Å². The molecule has 2 heterocycles. The van der Waals surface area contributed by atoms with E-state index in [0.29, 0.717) is 42.7 Å². The predicted molar refractivity (Wildman–Crippen MR) is 122 cm³/mol. The number of ether oxygens (including phenoxy) is 1. The van der Waals surface area contributed by atoms with Crippen LogP contribution in [0.15, 0.2) is 54.7 Å². The number of halogens is 2. The van der Waals surface area contributed by atoms with E-state index >= 15 is 0 Å². The Hall–Kier alpha value is -3.23. The van der Waals surface area contributed by atoms with E-state index in [0.717, 1.165) is 5.56 Å². The van der Waals surface area contributed by atoms with Crippen molar-refractivity contribution in [3.05, 3.63) is 76.8 Å². The number of benzene rings is 2. The van der Waals surface area contributed by atoms with Crippen LogP contribution in [0.25, 0.3) is 0 Å². The van der Waals surface area contributed by atoms with E-state index in [2.05, 4.69) is 10.00 Å². The molecule has 1 saturated heterocycles. The van der Waals surface area contributed by atoms with Crippen molar-refractivity contribution in [2.24, 2.45) is 0 Å². The fourth-order valence-electron chi connectivity index (χ4n) is 3.89. The predicted octanol–water partition coefficient (Wildman–Crippen LogP) is 4.84. The second kappa shape index (κ2) is 9.72. The zero-order valence-corrected chi connectivity index (χ0v) is 19.1. The van der Waals surface area contributed by atoms with Crippen LogP contribution in [0.1, 0.15) is 29.9 Å². The van der Waals surface area contributed by atoms with Crippen LogP contribution in [0.2, 0.25) is 5.02 Å². The molecule has 0 spiro atoms. The quantitative estimate of drug-likeness (QED) is 0.499. The monoisotopic (exact) mass is 470 g/mol. The van der Waals surface area contributed by atoms with Crippen molar-refractivity contribution in [3.63, 3.8) is 0 Å². The van der Waals surface area contributed by atoms with E-state index in [1.807, 2.05) is 6.92 Å². The summed E-state index contributed by atoms with van der Waals surface area (Å²) in [7, 11) is 0. The first kappa shape index (κ1) is 22.9. The molecule has 1 aromatic heterocycles. The van der Waals surface area contributed by atoms with E-state index in [1.165, 1.54) is 36.0 Å². The molecule has 3 aromatic rings. The van der Waals surface area contributed by atoms with E-state index < -0.39 is 5.82 Å². The number of hydrogen-bond donors (Lipinski definition) is 0. The Bertz CT molecular complexity index is 1180. The first-order chi connectivity index (χ1) is 15.8. The van der Waals surface area contributed by atoms with Gasteiger partial charge in [-0.3, -0.25) is 9.69 Å². The molecule has 1 fully saturated rings. The molecule has 7 nitrogen and oxygen atoms in total. The highest BCUT2D eigenvalue weighted by atomic mass is 35.5. The number of carbonyl (C=O) groups excluding carboxylic acids is 2. The van der Waals surface area contributed by atoms with Gasteiger partial charge < -0.3 is 9.64 Å². The van der Waals surface area contributed by atoms with Gasteiger partial charge in [-0.05, 0) is 42.8 Å². The number of hydrogen-bond acceptors (Lipinski definition) is 5. The molecule has 0 saturated carbocycles. The lowest BCUT2D eigenvalue weighted by Gasteiger charge is -2.39. The summed E-state index contributed by atoms with van der Waals surface area (Å²) in [6.07, 6.45) is 1.51. The Morgan fingerprint density at radius 2 is 1.97 bits per heavy atom. The summed E-state index contributed by atoms with van der Waals surface area (Å²) in [4.78, 5) is 28.2. The molecular formula is C24H24ClFN4O3. The van der Waals surface area contributed by atoms with Gasteiger partial charge >= 0.3 is 6.03 Å². The fraction of sp³-hybridized carbons (Fsp3) is 0.292.